The summed E-state index contributed by atoms with van der Waals surface area (Å²) in [5, 5.41) is 13.6. The number of hydrogen-bond donors (Lipinski definition) is 1. The number of benzene rings is 3. The largest absolute Gasteiger partial charge is 0.497 e. The van der Waals surface area contributed by atoms with Crippen LogP contribution in [-0.4, -0.2) is 39.7 Å². The molecule has 1 N–H and O–H groups in total. The van der Waals surface area contributed by atoms with Crippen molar-refractivity contribution in [3.8, 4) is 22.8 Å². The molecule has 7 nitrogen and oxygen atoms in total. The number of hydrazone groups is 1. The number of carbonyl (C=O) groups is 1. The van der Waals surface area contributed by atoms with Crippen LogP contribution in [0.1, 0.15) is 31.9 Å². The van der Waals surface area contributed by atoms with Crippen molar-refractivity contribution in [2.24, 2.45) is 5.10 Å². The lowest BCUT2D eigenvalue weighted by Crippen LogP contribution is -2.20. The maximum atomic E-state index is 12.5. The molecule has 4 aromatic rings. The molecule has 0 bridgehead atoms. The Morgan fingerprint density at radius 3 is 2.41 bits per heavy atom. The highest BCUT2D eigenvalue weighted by molar-refractivity contribution is 9.10. The highest BCUT2D eigenvalue weighted by atomic mass is 79.9. The van der Waals surface area contributed by atoms with E-state index in [4.69, 9.17) is 4.74 Å². The molecule has 4 rings (SSSR count). The summed E-state index contributed by atoms with van der Waals surface area (Å²) in [5.74, 6) is 1.34. The molecule has 0 unspecified atom stereocenters. The lowest BCUT2D eigenvalue weighted by Gasteiger charge is -2.19. The molecule has 9 heteroatoms. The van der Waals surface area contributed by atoms with Gasteiger partial charge >= 0.3 is 0 Å². The molecule has 0 saturated carbocycles. The molecule has 0 aliphatic heterocycles. The fourth-order valence-electron chi connectivity index (χ4n) is 3.55. The number of rotatable bonds is 8. The number of nitrogens with zero attached hydrogens (tertiary/aromatic N) is 4. The Morgan fingerprint density at radius 1 is 1.05 bits per heavy atom. The summed E-state index contributed by atoms with van der Waals surface area (Å²) < 4.78 is 8.17. The SMILES string of the molecule is COc1ccc(-n2c(SCC(=O)N/N=C\c3ccccc3Br)nnc2-c2ccc(C(C)(C)C)cc2)cc1. The van der Waals surface area contributed by atoms with Gasteiger partial charge in [0, 0.05) is 21.3 Å². The van der Waals surface area contributed by atoms with Gasteiger partial charge in [-0.1, -0.05) is 90.9 Å². The van der Waals surface area contributed by atoms with E-state index in [-0.39, 0.29) is 17.1 Å². The fraction of sp³-hybridized carbons (Fsp3) is 0.214. The van der Waals surface area contributed by atoms with Gasteiger partial charge in [-0.25, -0.2) is 5.43 Å². The maximum Gasteiger partial charge on any atom is 0.250 e. The summed E-state index contributed by atoms with van der Waals surface area (Å²) in [7, 11) is 1.63. The molecule has 3 aromatic carbocycles. The number of amides is 1. The summed E-state index contributed by atoms with van der Waals surface area (Å²) >= 11 is 4.76. The molecule has 190 valence electrons. The lowest BCUT2D eigenvalue weighted by molar-refractivity contribution is -0.118. The van der Waals surface area contributed by atoms with Crippen molar-refractivity contribution in [2.75, 3.05) is 12.9 Å². The molecule has 0 saturated heterocycles. The number of hydrogen-bond acceptors (Lipinski definition) is 6. The molecule has 0 spiro atoms. The van der Waals surface area contributed by atoms with Gasteiger partial charge < -0.3 is 4.74 Å². The predicted octanol–water partition coefficient (Wildman–Crippen LogP) is 6.25. The number of halogens is 1. The van der Waals surface area contributed by atoms with Gasteiger partial charge in [-0.15, -0.1) is 10.2 Å². The molecule has 0 aliphatic carbocycles. The molecular formula is C28H28BrN5O2S. The highest BCUT2D eigenvalue weighted by Gasteiger charge is 2.19. The fourth-order valence-corrected chi connectivity index (χ4v) is 4.68. The third-order valence-corrected chi connectivity index (χ3v) is 7.25. The zero-order valence-corrected chi connectivity index (χ0v) is 23.5. The first-order chi connectivity index (χ1) is 17.8. The van der Waals surface area contributed by atoms with Crippen LogP contribution in [0.3, 0.4) is 0 Å². The van der Waals surface area contributed by atoms with Crippen LogP contribution in [0.2, 0.25) is 0 Å². The van der Waals surface area contributed by atoms with Gasteiger partial charge in [0.2, 0.25) is 0 Å². The number of nitrogens with one attached hydrogen (secondary N) is 1. The summed E-state index contributed by atoms with van der Waals surface area (Å²) in [6.07, 6.45) is 1.60. The molecular weight excluding hydrogens is 550 g/mol. The van der Waals surface area contributed by atoms with Crippen LogP contribution in [-0.2, 0) is 10.2 Å². The maximum absolute atomic E-state index is 12.5. The van der Waals surface area contributed by atoms with Crippen LogP contribution in [0, 0.1) is 0 Å². The second-order valence-corrected chi connectivity index (χ2v) is 11.1. The summed E-state index contributed by atoms with van der Waals surface area (Å²) in [6, 6.07) is 23.7. The zero-order chi connectivity index (χ0) is 26.4. The summed E-state index contributed by atoms with van der Waals surface area (Å²) in [6.45, 7) is 6.55. The van der Waals surface area contributed by atoms with Gasteiger partial charge in [0.25, 0.3) is 5.91 Å². The molecule has 0 fully saturated rings. The topological polar surface area (TPSA) is 81.4 Å². The Kier molecular flexibility index (Phi) is 8.45. The third-order valence-electron chi connectivity index (χ3n) is 5.60. The van der Waals surface area contributed by atoms with Gasteiger partial charge in [0.1, 0.15) is 5.75 Å². The number of carbonyl (C=O) groups excluding carboxylic acids is 1. The third kappa shape index (κ3) is 6.67. The minimum atomic E-state index is -0.242. The normalized spacial score (nSPS) is 11.6. The smallest absolute Gasteiger partial charge is 0.250 e. The van der Waals surface area contributed by atoms with E-state index in [9.17, 15) is 4.79 Å². The molecule has 1 heterocycles. The Balaban J connectivity index is 1.56. The number of ether oxygens (including phenoxy) is 1. The first-order valence-corrected chi connectivity index (χ1v) is 13.4. The van der Waals surface area contributed by atoms with Crippen molar-refractivity contribution in [1.29, 1.82) is 0 Å². The van der Waals surface area contributed by atoms with Crippen LogP contribution >= 0.6 is 27.7 Å². The summed E-state index contributed by atoms with van der Waals surface area (Å²) in [4.78, 5) is 12.5. The van der Waals surface area contributed by atoms with Crippen molar-refractivity contribution < 1.29 is 9.53 Å². The van der Waals surface area contributed by atoms with E-state index in [1.54, 1.807) is 13.3 Å². The average Bonchev–Trinajstić information content (AvgIpc) is 3.32. The van der Waals surface area contributed by atoms with Gasteiger partial charge in [-0.05, 0) is 41.3 Å². The Bertz CT molecular complexity index is 1390. The van der Waals surface area contributed by atoms with Crippen molar-refractivity contribution >= 4 is 39.8 Å². The van der Waals surface area contributed by atoms with Crippen LogP contribution in [0.4, 0.5) is 0 Å². The average molecular weight is 579 g/mol. The van der Waals surface area contributed by atoms with Gasteiger partial charge in [0.15, 0.2) is 11.0 Å². The second-order valence-electron chi connectivity index (χ2n) is 9.27. The minimum Gasteiger partial charge on any atom is -0.497 e. The van der Waals surface area contributed by atoms with Crippen molar-refractivity contribution in [1.82, 2.24) is 20.2 Å². The quantitative estimate of drug-likeness (QED) is 0.152. The molecule has 0 atom stereocenters. The van der Waals surface area contributed by atoms with E-state index < -0.39 is 0 Å². The van der Waals surface area contributed by atoms with Crippen molar-refractivity contribution in [2.45, 2.75) is 31.3 Å². The standard InChI is InChI=1S/C28H28BrN5O2S/c1-28(2,3)21-11-9-19(10-12-21)26-32-33-27(34(26)22-13-15-23(36-4)16-14-22)37-18-25(35)31-30-17-20-7-5-6-8-24(20)29/h5-17H,18H2,1-4H3,(H,31,35)/b30-17-. The van der Waals surface area contributed by atoms with Crippen LogP contribution in [0.15, 0.2) is 87.5 Å². The number of thioether (sulfide) groups is 1. The van der Waals surface area contributed by atoms with Crippen LogP contribution in [0.25, 0.3) is 17.1 Å². The Labute approximate surface area is 229 Å². The number of aromatic nitrogens is 3. The van der Waals surface area contributed by atoms with Gasteiger partial charge in [-0.2, -0.15) is 5.10 Å². The molecule has 1 aromatic heterocycles. The van der Waals surface area contributed by atoms with E-state index in [2.05, 4.69) is 81.7 Å². The minimum absolute atomic E-state index is 0.0512. The summed E-state index contributed by atoms with van der Waals surface area (Å²) in [5.41, 5.74) is 6.54. The molecule has 0 aliphatic rings. The predicted molar refractivity (Wildman–Crippen MR) is 153 cm³/mol. The van der Waals surface area contributed by atoms with Gasteiger partial charge in [-0.3, -0.25) is 9.36 Å². The first-order valence-electron chi connectivity index (χ1n) is 11.7. The van der Waals surface area contributed by atoms with Crippen LogP contribution < -0.4 is 10.2 Å². The van der Waals surface area contributed by atoms with Crippen molar-refractivity contribution in [3.63, 3.8) is 0 Å². The Morgan fingerprint density at radius 2 is 1.76 bits per heavy atom. The molecule has 1 amide bonds. The van der Waals surface area contributed by atoms with E-state index in [1.807, 2.05) is 53.1 Å². The monoisotopic (exact) mass is 577 g/mol. The number of methoxy groups -OCH3 is 1. The van der Waals surface area contributed by atoms with E-state index in [0.29, 0.717) is 11.0 Å². The van der Waals surface area contributed by atoms with Crippen molar-refractivity contribution in [3.05, 3.63) is 88.4 Å². The second kappa shape index (κ2) is 11.7. The van der Waals surface area contributed by atoms with Gasteiger partial charge in [0.05, 0.1) is 19.1 Å². The van der Waals surface area contributed by atoms with E-state index in [1.165, 1.54) is 17.3 Å². The molecule has 0 radical (unpaired) electrons. The van der Waals surface area contributed by atoms with E-state index in [0.717, 1.165) is 27.0 Å². The zero-order valence-electron chi connectivity index (χ0n) is 21.1. The highest BCUT2D eigenvalue weighted by Crippen LogP contribution is 2.30. The lowest BCUT2D eigenvalue weighted by atomic mass is 9.87. The van der Waals surface area contributed by atoms with E-state index >= 15 is 0 Å². The van der Waals surface area contributed by atoms with Crippen LogP contribution in [0.5, 0.6) is 5.75 Å². The first kappa shape index (κ1) is 26.6. The Hall–Kier alpha value is -3.43. The molecule has 37 heavy (non-hydrogen) atoms.